The summed E-state index contributed by atoms with van der Waals surface area (Å²) in [6.45, 7) is 3.61. The average Bonchev–Trinajstić information content (AvgIpc) is 2.53. The molecule has 6 heteroatoms. The molecule has 1 aromatic carbocycles. The maximum atomic E-state index is 11.7. The Balaban J connectivity index is 2.56. The van der Waals surface area contributed by atoms with Gasteiger partial charge in [-0.1, -0.05) is 44.2 Å². The predicted octanol–water partition coefficient (Wildman–Crippen LogP) is 2.31. The Morgan fingerprint density at radius 2 is 1.82 bits per heavy atom. The van der Waals surface area contributed by atoms with Crippen molar-refractivity contribution in [1.29, 1.82) is 0 Å². The third-order valence-corrected chi connectivity index (χ3v) is 3.70. The summed E-state index contributed by atoms with van der Waals surface area (Å²) in [5, 5.41) is 21.7. The second-order valence-corrected chi connectivity index (χ2v) is 5.23. The van der Waals surface area contributed by atoms with Crippen LogP contribution in [0.2, 0.25) is 0 Å². The monoisotopic (exact) mass is 309 g/mol. The van der Waals surface area contributed by atoms with E-state index >= 15 is 0 Å². The maximum absolute atomic E-state index is 11.7. The molecule has 1 aromatic rings. The number of aliphatic hydroxyl groups is 1. The van der Waals surface area contributed by atoms with E-state index in [-0.39, 0.29) is 13.0 Å². The van der Waals surface area contributed by atoms with Crippen molar-refractivity contribution in [2.24, 2.45) is 0 Å². The molecule has 0 saturated carbocycles. The van der Waals surface area contributed by atoms with Gasteiger partial charge in [-0.25, -0.2) is 9.59 Å². The van der Waals surface area contributed by atoms with E-state index in [0.29, 0.717) is 12.8 Å². The lowest BCUT2D eigenvalue weighted by molar-refractivity contribution is -0.141. The van der Waals surface area contributed by atoms with E-state index in [9.17, 15) is 19.8 Å². The molecular weight excluding hydrogens is 286 g/mol. The fourth-order valence-electron chi connectivity index (χ4n) is 2.03. The highest BCUT2D eigenvalue weighted by Gasteiger charge is 2.32. The molecule has 0 radical (unpaired) electrons. The molecular formula is C16H23NO5. The van der Waals surface area contributed by atoms with Crippen molar-refractivity contribution >= 4 is 12.1 Å². The van der Waals surface area contributed by atoms with Gasteiger partial charge in [0.05, 0.1) is 5.60 Å². The zero-order valence-corrected chi connectivity index (χ0v) is 12.9. The molecule has 1 amide bonds. The third kappa shape index (κ3) is 5.73. The van der Waals surface area contributed by atoms with Gasteiger partial charge in [0.1, 0.15) is 12.6 Å². The number of hydrogen-bond donors (Lipinski definition) is 3. The van der Waals surface area contributed by atoms with Crippen molar-refractivity contribution in [3.8, 4) is 0 Å². The van der Waals surface area contributed by atoms with Crippen LogP contribution in [0.5, 0.6) is 0 Å². The van der Waals surface area contributed by atoms with Crippen molar-refractivity contribution in [3.63, 3.8) is 0 Å². The summed E-state index contributed by atoms with van der Waals surface area (Å²) in [6.07, 6.45) is -0.0523. The molecule has 22 heavy (non-hydrogen) atoms. The number of hydrogen-bond acceptors (Lipinski definition) is 4. The molecule has 1 rings (SSSR count). The molecule has 0 heterocycles. The zero-order chi connectivity index (χ0) is 16.6. The lowest BCUT2D eigenvalue weighted by Gasteiger charge is -2.28. The fraction of sp³-hybridized carbons (Fsp3) is 0.500. The number of carboxylic acids is 1. The molecule has 0 saturated heterocycles. The van der Waals surface area contributed by atoms with Gasteiger partial charge in [0.15, 0.2) is 0 Å². The molecule has 0 aliphatic carbocycles. The molecule has 122 valence electrons. The van der Waals surface area contributed by atoms with Gasteiger partial charge < -0.3 is 20.3 Å². The van der Waals surface area contributed by atoms with Gasteiger partial charge >= 0.3 is 12.1 Å². The molecule has 6 nitrogen and oxygen atoms in total. The standard InChI is InChI=1S/C16H23NO5/c1-3-16(21,4-2)10-13(14(18)19)17-15(20)22-11-12-8-6-5-7-9-12/h5-9,13,21H,3-4,10-11H2,1-2H3,(H,17,20)(H,18,19). The number of nitrogens with one attached hydrogen (secondary N) is 1. The second kappa shape index (κ2) is 8.38. The highest BCUT2D eigenvalue weighted by atomic mass is 16.5. The van der Waals surface area contributed by atoms with Crippen molar-refractivity contribution in [2.45, 2.75) is 51.4 Å². The van der Waals surface area contributed by atoms with Crippen LogP contribution in [0.3, 0.4) is 0 Å². The number of benzene rings is 1. The Morgan fingerprint density at radius 1 is 1.23 bits per heavy atom. The number of rotatable bonds is 8. The van der Waals surface area contributed by atoms with E-state index in [1.807, 2.05) is 18.2 Å². The van der Waals surface area contributed by atoms with Crippen LogP contribution in [0, 0.1) is 0 Å². The molecule has 0 spiro atoms. The van der Waals surface area contributed by atoms with Crippen LogP contribution in [-0.2, 0) is 16.1 Å². The minimum atomic E-state index is -1.20. The van der Waals surface area contributed by atoms with Gasteiger partial charge in [-0.05, 0) is 18.4 Å². The molecule has 0 aliphatic rings. The van der Waals surface area contributed by atoms with E-state index in [1.54, 1.807) is 26.0 Å². The Bertz CT molecular complexity index is 485. The summed E-state index contributed by atoms with van der Waals surface area (Å²) in [4.78, 5) is 23.0. The van der Waals surface area contributed by atoms with Crippen molar-refractivity contribution in [3.05, 3.63) is 35.9 Å². The molecule has 3 N–H and O–H groups in total. The Hall–Kier alpha value is -2.08. The minimum absolute atomic E-state index is 0.0598. The smallest absolute Gasteiger partial charge is 0.408 e. The molecule has 0 aliphatic heterocycles. The van der Waals surface area contributed by atoms with Crippen molar-refractivity contribution < 1.29 is 24.5 Å². The first-order valence-corrected chi connectivity index (χ1v) is 7.32. The van der Waals surface area contributed by atoms with Crippen LogP contribution < -0.4 is 5.32 Å². The summed E-state index contributed by atoms with van der Waals surface area (Å²) in [5.74, 6) is -1.20. The molecule has 1 atom stereocenters. The number of ether oxygens (including phenoxy) is 1. The topological polar surface area (TPSA) is 95.9 Å². The number of carbonyl (C=O) groups excluding carboxylic acids is 1. The maximum Gasteiger partial charge on any atom is 0.408 e. The summed E-state index contributed by atoms with van der Waals surface area (Å²) < 4.78 is 5.00. The molecule has 1 unspecified atom stereocenters. The van der Waals surface area contributed by atoms with Crippen LogP contribution >= 0.6 is 0 Å². The van der Waals surface area contributed by atoms with E-state index in [2.05, 4.69) is 5.32 Å². The number of amides is 1. The van der Waals surface area contributed by atoms with Crippen molar-refractivity contribution in [2.75, 3.05) is 0 Å². The van der Waals surface area contributed by atoms with E-state index in [1.165, 1.54) is 0 Å². The van der Waals surface area contributed by atoms with Gasteiger partial charge in [0.2, 0.25) is 0 Å². The summed E-state index contributed by atoms with van der Waals surface area (Å²) >= 11 is 0. The molecule has 0 fully saturated rings. The minimum Gasteiger partial charge on any atom is -0.480 e. The van der Waals surface area contributed by atoms with Gasteiger partial charge in [-0.2, -0.15) is 0 Å². The second-order valence-electron chi connectivity index (χ2n) is 5.23. The van der Waals surface area contributed by atoms with Crippen LogP contribution in [0.15, 0.2) is 30.3 Å². The summed E-state index contributed by atoms with van der Waals surface area (Å²) in [7, 11) is 0. The van der Waals surface area contributed by atoms with E-state index < -0.39 is 23.7 Å². The Labute approximate surface area is 130 Å². The Kier molecular flexibility index (Phi) is 6.85. The van der Waals surface area contributed by atoms with E-state index in [0.717, 1.165) is 5.56 Å². The van der Waals surface area contributed by atoms with Crippen LogP contribution in [0.25, 0.3) is 0 Å². The first-order chi connectivity index (χ1) is 10.4. The highest BCUT2D eigenvalue weighted by molar-refractivity contribution is 5.79. The zero-order valence-electron chi connectivity index (χ0n) is 12.9. The lowest BCUT2D eigenvalue weighted by atomic mass is 9.89. The summed E-state index contributed by atoms with van der Waals surface area (Å²) in [5.41, 5.74) is -0.307. The third-order valence-electron chi connectivity index (χ3n) is 3.70. The lowest BCUT2D eigenvalue weighted by Crippen LogP contribution is -2.46. The highest BCUT2D eigenvalue weighted by Crippen LogP contribution is 2.21. The van der Waals surface area contributed by atoms with Crippen LogP contribution in [-0.4, -0.2) is 33.9 Å². The van der Waals surface area contributed by atoms with Crippen LogP contribution in [0.1, 0.15) is 38.7 Å². The molecule has 0 bridgehead atoms. The summed E-state index contributed by atoms with van der Waals surface area (Å²) in [6, 6.07) is 7.90. The predicted molar refractivity (Wildman–Crippen MR) is 81.3 cm³/mol. The normalized spacial score (nSPS) is 12.5. The van der Waals surface area contributed by atoms with Gasteiger partial charge in [-0.15, -0.1) is 0 Å². The fourth-order valence-corrected chi connectivity index (χ4v) is 2.03. The number of alkyl carbamates (subject to hydrolysis) is 1. The van der Waals surface area contributed by atoms with Gasteiger partial charge in [0, 0.05) is 6.42 Å². The SMILES string of the molecule is CCC(O)(CC)CC(NC(=O)OCc1ccccc1)C(=O)O. The number of carboxylic acid groups (broad SMARTS) is 1. The molecule has 0 aromatic heterocycles. The first kappa shape index (κ1) is 18.0. The average molecular weight is 309 g/mol. The number of aliphatic carboxylic acids is 1. The Morgan fingerprint density at radius 3 is 2.32 bits per heavy atom. The van der Waals surface area contributed by atoms with Gasteiger partial charge in [0.25, 0.3) is 0 Å². The van der Waals surface area contributed by atoms with E-state index in [4.69, 9.17) is 4.74 Å². The first-order valence-electron chi connectivity index (χ1n) is 7.32. The van der Waals surface area contributed by atoms with Crippen molar-refractivity contribution in [1.82, 2.24) is 5.32 Å². The van der Waals surface area contributed by atoms with Gasteiger partial charge in [-0.3, -0.25) is 0 Å². The van der Waals surface area contributed by atoms with Crippen LogP contribution in [0.4, 0.5) is 4.79 Å². The largest absolute Gasteiger partial charge is 0.480 e. The quantitative estimate of drug-likeness (QED) is 0.685. The number of carbonyl (C=O) groups is 2.